The maximum absolute atomic E-state index is 12.7. The van der Waals surface area contributed by atoms with Crippen molar-refractivity contribution >= 4 is 11.8 Å². The number of nitrogens with one attached hydrogen (secondary N) is 1. The van der Waals surface area contributed by atoms with Crippen molar-refractivity contribution < 1.29 is 14.3 Å². The van der Waals surface area contributed by atoms with E-state index in [1.165, 1.54) is 6.20 Å². The molecule has 0 radical (unpaired) electrons. The topological polar surface area (TPSA) is 97.3 Å². The van der Waals surface area contributed by atoms with E-state index in [0.717, 1.165) is 11.4 Å². The molecule has 2 amide bonds. The third kappa shape index (κ3) is 7.40. The summed E-state index contributed by atoms with van der Waals surface area (Å²) in [6, 6.07) is 5.70. The number of hydrogen-bond donors (Lipinski definition) is 1. The van der Waals surface area contributed by atoms with Crippen LogP contribution >= 0.6 is 0 Å². The smallest absolute Gasteiger partial charge is 0.274 e. The highest BCUT2D eigenvalue weighted by molar-refractivity contribution is 5.92. The molecule has 0 aromatic carbocycles. The number of ether oxygens (including phenoxy) is 1. The molecule has 0 atom stereocenters. The molecule has 0 unspecified atom stereocenters. The zero-order valence-electron chi connectivity index (χ0n) is 16.4. The van der Waals surface area contributed by atoms with E-state index in [4.69, 9.17) is 4.74 Å². The second-order valence-electron chi connectivity index (χ2n) is 6.35. The second-order valence-corrected chi connectivity index (χ2v) is 6.35. The van der Waals surface area contributed by atoms with Crippen LogP contribution in [0.2, 0.25) is 0 Å². The molecule has 0 bridgehead atoms. The van der Waals surface area contributed by atoms with E-state index in [-0.39, 0.29) is 23.9 Å². The SMILES string of the molecule is COCCCN(CCC(=O)NCCc1ccccn1)C(=O)c1cnc(C)cn1. The molecule has 2 aromatic rings. The Morgan fingerprint density at radius 1 is 1.14 bits per heavy atom. The van der Waals surface area contributed by atoms with Crippen molar-refractivity contribution in [3.8, 4) is 0 Å². The Kier molecular flexibility index (Phi) is 9.00. The number of carbonyl (C=O) groups excluding carboxylic acids is 2. The maximum Gasteiger partial charge on any atom is 0.274 e. The minimum atomic E-state index is -0.232. The van der Waals surface area contributed by atoms with Gasteiger partial charge in [0.2, 0.25) is 5.91 Å². The molecule has 150 valence electrons. The Bertz CT molecular complexity index is 737. The van der Waals surface area contributed by atoms with Gasteiger partial charge in [-0.05, 0) is 25.5 Å². The van der Waals surface area contributed by atoms with Crippen LogP contribution in [0.3, 0.4) is 0 Å². The van der Waals surface area contributed by atoms with Gasteiger partial charge in [0.1, 0.15) is 5.69 Å². The molecular formula is C20H27N5O3. The summed E-state index contributed by atoms with van der Waals surface area (Å²) in [6.07, 6.45) is 6.33. The van der Waals surface area contributed by atoms with Crippen molar-refractivity contribution in [1.29, 1.82) is 0 Å². The van der Waals surface area contributed by atoms with Gasteiger partial charge in [-0.25, -0.2) is 4.98 Å². The normalized spacial score (nSPS) is 10.5. The van der Waals surface area contributed by atoms with Crippen molar-refractivity contribution in [2.45, 2.75) is 26.2 Å². The van der Waals surface area contributed by atoms with Crippen LogP contribution in [0, 0.1) is 6.92 Å². The lowest BCUT2D eigenvalue weighted by molar-refractivity contribution is -0.121. The molecule has 28 heavy (non-hydrogen) atoms. The molecule has 0 spiro atoms. The molecule has 0 aliphatic rings. The van der Waals surface area contributed by atoms with Gasteiger partial charge < -0.3 is 15.0 Å². The van der Waals surface area contributed by atoms with Crippen LogP contribution < -0.4 is 5.32 Å². The largest absolute Gasteiger partial charge is 0.385 e. The van der Waals surface area contributed by atoms with Gasteiger partial charge in [0, 0.05) is 64.3 Å². The van der Waals surface area contributed by atoms with Crippen molar-refractivity contribution in [2.24, 2.45) is 0 Å². The highest BCUT2D eigenvalue weighted by atomic mass is 16.5. The molecule has 0 fully saturated rings. The number of carbonyl (C=O) groups is 2. The number of methoxy groups -OCH3 is 1. The Hall–Kier alpha value is -2.87. The van der Waals surface area contributed by atoms with E-state index in [0.29, 0.717) is 39.1 Å². The zero-order chi connectivity index (χ0) is 20.2. The number of amides is 2. The molecule has 8 nitrogen and oxygen atoms in total. The lowest BCUT2D eigenvalue weighted by Crippen LogP contribution is -2.37. The predicted molar refractivity (Wildman–Crippen MR) is 105 cm³/mol. The van der Waals surface area contributed by atoms with E-state index in [9.17, 15) is 9.59 Å². The fourth-order valence-electron chi connectivity index (χ4n) is 2.58. The van der Waals surface area contributed by atoms with Crippen molar-refractivity contribution in [2.75, 3.05) is 33.4 Å². The minimum Gasteiger partial charge on any atom is -0.385 e. The van der Waals surface area contributed by atoms with Crippen molar-refractivity contribution in [1.82, 2.24) is 25.2 Å². The van der Waals surface area contributed by atoms with Gasteiger partial charge in [0.15, 0.2) is 0 Å². The number of nitrogens with zero attached hydrogens (tertiary/aromatic N) is 4. The summed E-state index contributed by atoms with van der Waals surface area (Å²) < 4.78 is 5.06. The second kappa shape index (κ2) is 11.8. The molecule has 0 aliphatic heterocycles. The van der Waals surface area contributed by atoms with Gasteiger partial charge >= 0.3 is 0 Å². The van der Waals surface area contributed by atoms with Gasteiger partial charge in [-0.1, -0.05) is 6.07 Å². The molecular weight excluding hydrogens is 358 g/mol. The molecule has 2 heterocycles. The third-order valence-corrected chi connectivity index (χ3v) is 4.10. The quantitative estimate of drug-likeness (QED) is 0.588. The number of hydrogen-bond acceptors (Lipinski definition) is 6. The first-order valence-corrected chi connectivity index (χ1v) is 9.33. The fourth-order valence-corrected chi connectivity index (χ4v) is 2.58. The summed E-state index contributed by atoms with van der Waals surface area (Å²) in [6.45, 7) is 3.67. The Morgan fingerprint density at radius 3 is 2.68 bits per heavy atom. The summed E-state index contributed by atoms with van der Waals surface area (Å²) in [4.78, 5) is 39.0. The summed E-state index contributed by atoms with van der Waals surface area (Å²) in [5.41, 5.74) is 1.95. The van der Waals surface area contributed by atoms with Crippen LogP contribution in [0.5, 0.6) is 0 Å². The van der Waals surface area contributed by atoms with Gasteiger partial charge in [0.25, 0.3) is 5.91 Å². The maximum atomic E-state index is 12.7. The number of rotatable bonds is 11. The van der Waals surface area contributed by atoms with Crippen LogP contribution in [0.25, 0.3) is 0 Å². The number of pyridine rings is 1. The van der Waals surface area contributed by atoms with Crippen LogP contribution in [0.4, 0.5) is 0 Å². The lowest BCUT2D eigenvalue weighted by Gasteiger charge is -2.22. The summed E-state index contributed by atoms with van der Waals surface area (Å²) in [5, 5.41) is 2.87. The third-order valence-electron chi connectivity index (χ3n) is 4.10. The highest BCUT2D eigenvalue weighted by Gasteiger charge is 2.18. The van der Waals surface area contributed by atoms with E-state index in [1.54, 1.807) is 24.4 Å². The average molecular weight is 385 g/mol. The number of aryl methyl sites for hydroxylation is 1. The monoisotopic (exact) mass is 385 g/mol. The zero-order valence-corrected chi connectivity index (χ0v) is 16.4. The Labute approximate surface area is 165 Å². The Balaban J connectivity index is 1.84. The summed E-state index contributed by atoms with van der Waals surface area (Å²) in [7, 11) is 1.62. The molecule has 8 heteroatoms. The van der Waals surface area contributed by atoms with E-state index >= 15 is 0 Å². The van der Waals surface area contributed by atoms with Crippen LogP contribution in [0.15, 0.2) is 36.8 Å². The van der Waals surface area contributed by atoms with Gasteiger partial charge in [-0.15, -0.1) is 0 Å². The van der Waals surface area contributed by atoms with Gasteiger partial charge in [-0.2, -0.15) is 0 Å². The molecule has 1 N–H and O–H groups in total. The number of aromatic nitrogens is 3. The molecule has 0 saturated heterocycles. The molecule has 0 aliphatic carbocycles. The summed E-state index contributed by atoms with van der Waals surface area (Å²) >= 11 is 0. The van der Waals surface area contributed by atoms with Gasteiger partial charge in [-0.3, -0.25) is 19.6 Å². The highest BCUT2D eigenvalue weighted by Crippen LogP contribution is 2.04. The Morgan fingerprint density at radius 2 is 2.00 bits per heavy atom. The molecule has 2 aromatic heterocycles. The summed E-state index contributed by atoms with van der Waals surface area (Å²) in [5.74, 6) is -0.333. The van der Waals surface area contributed by atoms with Crippen molar-refractivity contribution in [3.63, 3.8) is 0 Å². The van der Waals surface area contributed by atoms with Gasteiger partial charge in [0.05, 0.1) is 11.9 Å². The van der Waals surface area contributed by atoms with E-state index in [2.05, 4.69) is 20.3 Å². The standard InChI is InChI=1S/C20H27N5O3/c1-16-14-24-18(15-23-16)20(27)25(11-5-13-28-2)12-8-19(26)22-10-7-17-6-3-4-9-21-17/h3-4,6,9,14-15H,5,7-8,10-13H2,1-2H3,(H,22,26). The van der Waals surface area contributed by atoms with Crippen molar-refractivity contribution in [3.05, 3.63) is 53.9 Å². The first-order valence-electron chi connectivity index (χ1n) is 9.33. The minimum absolute atomic E-state index is 0.101. The average Bonchev–Trinajstić information content (AvgIpc) is 2.71. The fraction of sp³-hybridized carbons (Fsp3) is 0.450. The van der Waals surface area contributed by atoms with E-state index < -0.39 is 0 Å². The van der Waals surface area contributed by atoms with E-state index in [1.807, 2.05) is 25.1 Å². The first kappa shape index (κ1) is 21.4. The lowest BCUT2D eigenvalue weighted by atomic mass is 10.2. The predicted octanol–water partition coefficient (Wildman–Crippen LogP) is 1.41. The van der Waals surface area contributed by atoms with Crippen LogP contribution in [0.1, 0.15) is 34.7 Å². The van der Waals surface area contributed by atoms with Crippen LogP contribution in [-0.4, -0.2) is 65.0 Å². The van der Waals surface area contributed by atoms with Crippen LogP contribution in [-0.2, 0) is 16.0 Å². The molecule has 2 rings (SSSR count). The first-order chi connectivity index (χ1) is 13.6. The molecule has 0 saturated carbocycles.